The monoisotopic (exact) mass is 250 g/mol. The van der Waals surface area contributed by atoms with E-state index in [2.05, 4.69) is 17.3 Å². The number of carbonyl (C=O) groups excluding carboxylic acids is 1. The minimum Gasteiger partial charge on any atom is -0.325 e. The fraction of sp³-hybridized carbons (Fsp3) is 0.462. The van der Waals surface area contributed by atoms with Gasteiger partial charge in [-0.1, -0.05) is 11.6 Å². The van der Waals surface area contributed by atoms with Crippen molar-refractivity contribution >= 4 is 23.2 Å². The third-order valence-corrected chi connectivity index (χ3v) is 4.26. The van der Waals surface area contributed by atoms with Gasteiger partial charge in [0.05, 0.1) is 5.41 Å². The number of rotatable bonds is 0. The minimum absolute atomic E-state index is 0.142. The number of carbonyl (C=O) groups is 1. The lowest BCUT2D eigenvalue weighted by Crippen LogP contribution is -2.45. The molecule has 0 radical (unpaired) electrons. The standard InChI is InChI=1S/C13H15ClN2O/c1-16-6-4-13(5-7-16)10-8-9(14)2-3-11(10)15-12(13)17/h2-3,8H,4-7H2,1H3,(H,15,17). The summed E-state index contributed by atoms with van der Waals surface area (Å²) >= 11 is 6.05. The molecule has 0 saturated carbocycles. The lowest BCUT2D eigenvalue weighted by Gasteiger charge is -2.36. The number of benzene rings is 1. The van der Waals surface area contributed by atoms with E-state index in [1.165, 1.54) is 0 Å². The van der Waals surface area contributed by atoms with Gasteiger partial charge >= 0.3 is 0 Å². The van der Waals surface area contributed by atoms with E-state index in [4.69, 9.17) is 11.6 Å². The summed E-state index contributed by atoms with van der Waals surface area (Å²) in [5.41, 5.74) is 1.68. The van der Waals surface area contributed by atoms with Gasteiger partial charge < -0.3 is 10.2 Å². The Labute approximate surface area is 106 Å². The third kappa shape index (κ3) is 1.57. The van der Waals surface area contributed by atoms with Gasteiger partial charge in [0.15, 0.2) is 0 Å². The Hall–Kier alpha value is -1.06. The number of amides is 1. The molecule has 4 heteroatoms. The second-order valence-electron chi connectivity index (χ2n) is 5.03. The first-order valence-electron chi connectivity index (χ1n) is 5.92. The van der Waals surface area contributed by atoms with Gasteiger partial charge in [0.1, 0.15) is 0 Å². The van der Waals surface area contributed by atoms with Gasteiger partial charge in [0.25, 0.3) is 0 Å². The summed E-state index contributed by atoms with van der Waals surface area (Å²) in [6.45, 7) is 1.92. The topological polar surface area (TPSA) is 32.3 Å². The van der Waals surface area contributed by atoms with Gasteiger partial charge in [0.2, 0.25) is 5.91 Å². The largest absolute Gasteiger partial charge is 0.325 e. The van der Waals surface area contributed by atoms with Gasteiger partial charge in [-0.05, 0) is 56.7 Å². The molecule has 0 bridgehead atoms. The van der Waals surface area contributed by atoms with Gasteiger partial charge in [-0.15, -0.1) is 0 Å². The molecule has 17 heavy (non-hydrogen) atoms. The number of nitrogens with one attached hydrogen (secondary N) is 1. The van der Waals surface area contributed by atoms with Crippen LogP contribution in [0.4, 0.5) is 5.69 Å². The number of piperidine rings is 1. The molecule has 2 aliphatic rings. The summed E-state index contributed by atoms with van der Waals surface area (Å²) in [6, 6.07) is 5.68. The molecule has 2 aliphatic heterocycles. The molecule has 0 aromatic heterocycles. The van der Waals surface area contributed by atoms with Crippen LogP contribution in [0.3, 0.4) is 0 Å². The predicted molar refractivity (Wildman–Crippen MR) is 68.5 cm³/mol. The van der Waals surface area contributed by atoms with Crippen LogP contribution in [0.1, 0.15) is 18.4 Å². The molecule has 0 aliphatic carbocycles. The van der Waals surface area contributed by atoms with Crippen molar-refractivity contribution in [1.29, 1.82) is 0 Å². The molecule has 3 rings (SSSR count). The maximum atomic E-state index is 12.3. The van der Waals surface area contributed by atoms with Crippen LogP contribution in [0.25, 0.3) is 0 Å². The van der Waals surface area contributed by atoms with Crippen LogP contribution in [-0.2, 0) is 10.2 Å². The van der Waals surface area contributed by atoms with Crippen molar-refractivity contribution in [1.82, 2.24) is 4.90 Å². The zero-order valence-corrected chi connectivity index (χ0v) is 10.5. The van der Waals surface area contributed by atoms with Crippen LogP contribution in [0.5, 0.6) is 0 Å². The van der Waals surface area contributed by atoms with E-state index in [9.17, 15) is 4.79 Å². The number of nitrogens with zero attached hydrogens (tertiary/aromatic N) is 1. The van der Waals surface area contributed by atoms with E-state index in [0.29, 0.717) is 5.02 Å². The van der Waals surface area contributed by atoms with Crippen LogP contribution in [0, 0.1) is 0 Å². The molecule has 90 valence electrons. The molecule has 1 amide bonds. The summed E-state index contributed by atoms with van der Waals surface area (Å²) in [4.78, 5) is 14.5. The van der Waals surface area contributed by atoms with Crippen molar-refractivity contribution in [2.24, 2.45) is 0 Å². The molecular formula is C13H15ClN2O. The maximum Gasteiger partial charge on any atom is 0.235 e. The average Bonchev–Trinajstić information content (AvgIpc) is 2.57. The molecule has 1 spiro atoms. The van der Waals surface area contributed by atoms with E-state index in [1.807, 2.05) is 18.2 Å². The van der Waals surface area contributed by atoms with Gasteiger partial charge in [-0.25, -0.2) is 0 Å². The highest BCUT2D eigenvalue weighted by Crippen LogP contribution is 2.45. The molecule has 1 saturated heterocycles. The average molecular weight is 251 g/mol. The predicted octanol–water partition coefficient (Wildman–Crippen LogP) is 2.26. The third-order valence-electron chi connectivity index (χ3n) is 4.02. The smallest absolute Gasteiger partial charge is 0.235 e. The first kappa shape index (κ1) is 11.1. The SMILES string of the molecule is CN1CCC2(CC1)C(=O)Nc1ccc(Cl)cc12. The first-order valence-corrected chi connectivity index (χ1v) is 6.30. The van der Waals surface area contributed by atoms with Crippen LogP contribution in [-0.4, -0.2) is 30.9 Å². The van der Waals surface area contributed by atoms with E-state index in [1.54, 1.807) is 0 Å². The van der Waals surface area contributed by atoms with E-state index in [-0.39, 0.29) is 11.3 Å². The molecule has 0 atom stereocenters. The number of fused-ring (bicyclic) bond motifs is 2. The van der Waals surface area contributed by atoms with Crippen molar-refractivity contribution in [2.45, 2.75) is 18.3 Å². The second-order valence-corrected chi connectivity index (χ2v) is 5.47. The van der Waals surface area contributed by atoms with Crippen LogP contribution in [0.15, 0.2) is 18.2 Å². The molecule has 1 aromatic rings. The Bertz CT molecular complexity index is 478. The van der Waals surface area contributed by atoms with Crippen LogP contribution >= 0.6 is 11.6 Å². The van der Waals surface area contributed by atoms with Crippen LogP contribution in [0.2, 0.25) is 5.02 Å². The molecule has 2 heterocycles. The molecule has 1 aromatic carbocycles. The Morgan fingerprint density at radius 2 is 2.06 bits per heavy atom. The van der Waals surface area contributed by atoms with E-state index >= 15 is 0 Å². The zero-order valence-electron chi connectivity index (χ0n) is 9.79. The Balaban J connectivity index is 2.06. The van der Waals surface area contributed by atoms with Crippen molar-refractivity contribution in [3.63, 3.8) is 0 Å². The van der Waals surface area contributed by atoms with Crippen molar-refractivity contribution in [2.75, 3.05) is 25.5 Å². The van der Waals surface area contributed by atoms with Gasteiger partial charge in [0, 0.05) is 10.7 Å². The van der Waals surface area contributed by atoms with E-state index in [0.717, 1.165) is 37.2 Å². The van der Waals surface area contributed by atoms with Gasteiger partial charge in [-0.2, -0.15) is 0 Å². The summed E-state index contributed by atoms with van der Waals surface area (Å²) < 4.78 is 0. The molecular weight excluding hydrogens is 236 g/mol. The summed E-state index contributed by atoms with van der Waals surface area (Å²) in [5.74, 6) is 0.142. The minimum atomic E-state index is -0.341. The molecule has 3 nitrogen and oxygen atoms in total. The first-order chi connectivity index (χ1) is 8.12. The van der Waals surface area contributed by atoms with Crippen LogP contribution < -0.4 is 5.32 Å². The molecule has 0 unspecified atom stereocenters. The highest BCUT2D eigenvalue weighted by atomic mass is 35.5. The van der Waals surface area contributed by atoms with E-state index < -0.39 is 0 Å². The Morgan fingerprint density at radius 3 is 2.76 bits per heavy atom. The molecule has 1 N–H and O–H groups in total. The normalized spacial score (nSPS) is 22.6. The second kappa shape index (κ2) is 3.72. The van der Waals surface area contributed by atoms with Crippen molar-refractivity contribution < 1.29 is 4.79 Å². The molecule has 1 fully saturated rings. The fourth-order valence-corrected chi connectivity index (χ4v) is 3.05. The fourth-order valence-electron chi connectivity index (χ4n) is 2.88. The highest BCUT2D eigenvalue weighted by molar-refractivity contribution is 6.31. The maximum absolute atomic E-state index is 12.3. The lowest BCUT2D eigenvalue weighted by molar-refractivity contribution is -0.122. The summed E-state index contributed by atoms with van der Waals surface area (Å²) in [5, 5.41) is 3.69. The van der Waals surface area contributed by atoms with Crippen molar-refractivity contribution in [3.8, 4) is 0 Å². The van der Waals surface area contributed by atoms with Crippen molar-refractivity contribution in [3.05, 3.63) is 28.8 Å². The summed E-state index contributed by atoms with van der Waals surface area (Å²) in [7, 11) is 2.10. The number of likely N-dealkylation sites (tertiary alicyclic amines) is 1. The quantitative estimate of drug-likeness (QED) is 0.766. The zero-order chi connectivity index (χ0) is 12.0. The number of anilines is 1. The Morgan fingerprint density at radius 1 is 1.35 bits per heavy atom. The Kier molecular flexibility index (Phi) is 2.42. The van der Waals surface area contributed by atoms with Gasteiger partial charge in [-0.3, -0.25) is 4.79 Å². The number of halogens is 1. The highest BCUT2D eigenvalue weighted by Gasteiger charge is 2.47. The lowest BCUT2D eigenvalue weighted by atomic mass is 9.74. The summed E-state index contributed by atoms with van der Waals surface area (Å²) in [6.07, 6.45) is 1.76. The number of hydrogen-bond acceptors (Lipinski definition) is 2. The number of hydrogen-bond donors (Lipinski definition) is 1.